The zero-order valence-corrected chi connectivity index (χ0v) is 16.0. The third-order valence-electron chi connectivity index (χ3n) is 4.19. The Morgan fingerprint density at radius 2 is 1.43 bits per heavy atom. The van der Waals surface area contributed by atoms with Gasteiger partial charge in [-0.3, -0.25) is 19.2 Å². The molecular weight excluding hydrogens is 404 g/mol. The molecule has 1 atom stereocenters. The molecule has 118 valence electrons. The molecule has 1 unspecified atom stereocenters. The molecule has 0 saturated heterocycles. The molecule has 0 heterocycles. The number of halogens is 2. The molecule has 0 aromatic heterocycles. The monoisotopic (exact) mass is 422 g/mol. The predicted molar refractivity (Wildman–Crippen MR) is 86.5 cm³/mol. The first kappa shape index (κ1) is 18.7. The number of alkyl halides is 2. The van der Waals surface area contributed by atoms with Crippen molar-refractivity contribution in [1.29, 1.82) is 0 Å². The Hall–Kier alpha value is -0.360. The van der Waals surface area contributed by atoms with Gasteiger partial charge >= 0.3 is 0 Å². The van der Waals surface area contributed by atoms with Crippen LogP contribution < -0.4 is 0 Å². The average molecular weight is 424 g/mol. The van der Waals surface area contributed by atoms with Crippen LogP contribution >= 0.6 is 31.9 Å². The molecular formula is C15H20Br2O4. The number of carbonyl (C=O) groups excluding carboxylic acids is 4. The van der Waals surface area contributed by atoms with Crippen LogP contribution in [0, 0.1) is 22.7 Å². The third kappa shape index (κ3) is 3.21. The number of rotatable bonds is 4. The quantitative estimate of drug-likeness (QED) is 0.514. The average Bonchev–Trinajstić information content (AvgIpc) is 2.35. The molecule has 0 amide bonds. The van der Waals surface area contributed by atoms with Gasteiger partial charge in [0.15, 0.2) is 23.1 Å². The molecule has 4 nitrogen and oxygen atoms in total. The Kier molecular flexibility index (Phi) is 5.37. The molecule has 6 heteroatoms. The van der Waals surface area contributed by atoms with E-state index in [1.807, 2.05) is 0 Å². The second-order valence-electron chi connectivity index (χ2n) is 6.67. The minimum Gasteiger partial charge on any atom is -0.298 e. The fourth-order valence-electron chi connectivity index (χ4n) is 2.77. The Morgan fingerprint density at radius 3 is 1.76 bits per heavy atom. The van der Waals surface area contributed by atoms with Crippen molar-refractivity contribution in [1.82, 2.24) is 0 Å². The van der Waals surface area contributed by atoms with E-state index in [0.29, 0.717) is 6.42 Å². The Morgan fingerprint density at radius 1 is 1.05 bits per heavy atom. The summed E-state index contributed by atoms with van der Waals surface area (Å²) in [6.45, 7) is 7.67. The third-order valence-corrected chi connectivity index (χ3v) is 4.94. The first-order chi connectivity index (χ1) is 9.35. The predicted octanol–water partition coefficient (Wildman–Crippen LogP) is 3.09. The highest BCUT2D eigenvalue weighted by atomic mass is 79.9. The van der Waals surface area contributed by atoms with Crippen molar-refractivity contribution in [2.24, 2.45) is 22.7 Å². The van der Waals surface area contributed by atoms with Crippen LogP contribution in [-0.2, 0) is 19.2 Å². The largest absolute Gasteiger partial charge is 0.298 e. The summed E-state index contributed by atoms with van der Waals surface area (Å²) < 4.78 is -0.0691. The molecule has 0 N–H and O–H groups in total. The molecule has 0 radical (unpaired) electrons. The second kappa shape index (κ2) is 6.03. The molecule has 0 aromatic carbocycles. The van der Waals surface area contributed by atoms with E-state index in [1.54, 1.807) is 6.92 Å². The fourth-order valence-corrected chi connectivity index (χ4v) is 3.89. The van der Waals surface area contributed by atoms with Crippen molar-refractivity contribution in [3.8, 4) is 0 Å². The van der Waals surface area contributed by atoms with E-state index < -0.39 is 45.8 Å². The van der Waals surface area contributed by atoms with E-state index in [0.717, 1.165) is 0 Å². The summed E-state index contributed by atoms with van der Waals surface area (Å²) in [5.74, 6) is -3.75. The van der Waals surface area contributed by atoms with Crippen LogP contribution in [0.15, 0.2) is 0 Å². The van der Waals surface area contributed by atoms with Gasteiger partial charge in [-0.2, -0.15) is 0 Å². The summed E-state index contributed by atoms with van der Waals surface area (Å²) in [5.41, 5.74) is -2.61. The number of carbonyl (C=O) groups is 4. The smallest absolute Gasteiger partial charge is 0.163 e. The standard InChI is InChI=1S/C15H20Br2O4/c1-7(6-8(16)17)10(18)9-11(19)14(2,3)13(21)15(4,5)12(9)20/h7-9H,6H2,1-5H3. The Labute approximate surface area is 141 Å². The van der Waals surface area contributed by atoms with Gasteiger partial charge in [-0.25, -0.2) is 0 Å². The molecule has 1 aliphatic carbocycles. The second-order valence-corrected chi connectivity index (χ2v) is 10.1. The minimum atomic E-state index is -1.33. The zero-order chi connectivity index (χ0) is 16.7. The number of hydrogen-bond donors (Lipinski definition) is 0. The lowest BCUT2D eigenvalue weighted by Gasteiger charge is -2.40. The molecule has 0 bridgehead atoms. The topological polar surface area (TPSA) is 68.3 Å². The highest BCUT2D eigenvalue weighted by Gasteiger charge is 2.60. The zero-order valence-electron chi connectivity index (χ0n) is 12.8. The maximum atomic E-state index is 12.5. The van der Waals surface area contributed by atoms with E-state index in [2.05, 4.69) is 31.9 Å². The van der Waals surface area contributed by atoms with Gasteiger partial charge in [-0.15, -0.1) is 0 Å². The molecule has 1 rings (SSSR count). The van der Waals surface area contributed by atoms with Crippen molar-refractivity contribution < 1.29 is 19.2 Å². The van der Waals surface area contributed by atoms with Crippen LogP contribution in [0.3, 0.4) is 0 Å². The van der Waals surface area contributed by atoms with Crippen LogP contribution in [-0.4, -0.2) is 26.9 Å². The van der Waals surface area contributed by atoms with Gasteiger partial charge in [0, 0.05) is 5.92 Å². The van der Waals surface area contributed by atoms with Crippen LogP contribution in [0.4, 0.5) is 0 Å². The van der Waals surface area contributed by atoms with Crippen molar-refractivity contribution in [2.45, 2.75) is 44.8 Å². The van der Waals surface area contributed by atoms with Crippen molar-refractivity contribution in [2.75, 3.05) is 0 Å². The van der Waals surface area contributed by atoms with E-state index in [4.69, 9.17) is 0 Å². The van der Waals surface area contributed by atoms with Gasteiger partial charge in [-0.1, -0.05) is 38.8 Å². The van der Waals surface area contributed by atoms with E-state index in [1.165, 1.54) is 27.7 Å². The lowest BCUT2D eigenvalue weighted by Crippen LogP contribution is -2.59. The van der Waals surface area contributed by atoms with Gasteiger partial charge in [0.25, 0.3) is 0 Å². The van der Waals surface area contributed by atoms with Crippen molar-refractivity contribution in [3.05, 3.63) is 0 Å². The van der Waals surface area contributed by atoms with E-state index in [9.17, 15) is 19.2 Å². The van der Waals surface area contributed by atoms with E-state index >= 15 is 0 Å². The van der Waals surface area contributed by atoms with Crippen molar-refractivity contribution in [3.63, 3.8) is 0 Å². The fraction of sp³-hybridized carbons (Fsp3) is 0.733. The van der Waals surface area contributed by atoms with E-state index in [-0.39, 0.29) is 3.74 Å². The van der Waals surface area contributed by atoms with Gasteiger partial charge in [0.1, 0.15) is 5.92 Å². The van der Waals surface area contributed by atoms with Crippen LogP contribution in [0.1, 0.15) is 41.0 Å². The van der Waals surface area contributed by atoms with Crippen LogP contribution in [0.25, 0.3) is 0 Å². The first-order valence-electron chi connectivity index (χ1n) is 6.80. The lowest BCUT2D eigenvalue weighted by atomic mass is 9.57. The highest BCUT2D eigenvalue weighted by molar-refractivity contribution is 9.24. The Bertz CT molecular complexity index is 476. The van der Waals surface area contributed by atoms with Gasteiger partial charge in [0.05, 0.1) is 14.6 Å². The molecule has 21 heavy (non-hydrogen) atoms. The summed E-state index contributed by atoms with van der Waals surface area (Å²) in [6, 6.07) is 0. The van der Waals surface area contributed by atoms with Crippen LogP contribution in [0.5, 0.6) is 0 Å². The normalized spacial score (nSPS) is 23.5. The molecule has 1 aliphatic rings. The number of Topliss-reactive ketones (excluding diaryl/α,β-unsaturated/α-hetero) is 4. The SMILES string of the molecule is CC(CC(Br)Br)C(=O)C1C(=O)C(C)(C)C(=O)C(C)(C)C1=O. The molecule has 0 spiro atoms. The number of ketones is 4. The highest BCUT2D eigenvalue weighted by Crippen LogP contribution is 2.42. The van der Waals surface area contributed by atoms with Gasteiger partial charge in [0.2, 0.25) is 0 Å². The maximum Gasteiger partial charge on any atom is 0.163 e. The number of hydrogen-bond acceptors (Lipinski definition) is 4. The molecule has 1 saturated carbocycles. The summed E-state index contributed by atoms with van der Waals surface area (Å²) in [5, 5.41) is 0. The molecule has 0 aromatic rings. The summed E-state index contributed by atoms with van der Waals surface area (Å²) in [6.07, 6.45) is 0.463. The summed E-state index contributed by atoms with van der Waals surface area (Å²) in [4.78, 5) is 49.9. The first-order valence-corrected chi connectivity index (χ1v) is 8.63. The summed E-state index contributed by atoms with van der Waals surface area (Å²) >= 11 is 6.58. The van der Waals surface area contributed by atoms with Crippen LogP contribution in [0.2, 0.25) is 0 Å². The van der Waals surface area contributed by atoms with Crippen molar-refractivity contribution >= 4 is 55.0 Å². The minimum absolute atomic E-state index is 0.0691. The summed E-state index contributed by atoms with van der Waals surface area (Å²) in [7, 11) is 0. The van der Waals surface area contributed by atoms with Gasteiger partial charge < -0.3 is 0 Å². The molecule has 0 aliphatic heterocycles. The Balaban J connectivity index is 3.22. The lowest BCUT2D eigenvalue weighted by molar-refractivity contribution is -0.162. The maximum absolute atomic E-state index is 12.5. The molecule has 1 fully saturated rings. The van der Waals surface area contributed by atoms with Gasteiger partial charge in [-0.05, 0) is 34.1 Å².